The number of esters is 2. The highest BCUT2D eigenvalue weighted by molar-refractivity contribution is 5.69. The third-order valence-corrected chi connectivity index (χ3v) is 9.70. The largest absolute Gasteiger partial charge is 0.463 e. The smallest absolute Gasteiger partial charge is 0.305 e. The van der Waals surface area contributed by atoms with Crippen LogP contribution in [0.1, 0.15) is 233 Å². The van der Waals surface area contributed by atoms with Crippen LogP contribution in [0.15, 0.2) is 0 Å². The van der Waals surface area contributed by atoms with Crippen molar-refractivity contribution in [3.8, 4) is 0 Å². The molecular formula is C43H84O5. The van der Waals surface area contributed by atoms with Crippen molar-refractivity contribution in [1.82, 2.24) is 0 Å². The molecule has 0 aromatic carbocycles. The average molecular weight is 681 g/mol. The number of rotatable bonds is 38. The van der Waals surface area contributed by atoms with Crippen LogP contribution in [0.5, 0.6) is 0 Å². The fourth-order valence-corrected chi connectivity index (χ4v) is 6.46. The van der Waals surface area contributed by atoms with E-state index < -0.39 is 6.10 Å². The van der Waals surface area contributed by atoms with E-state index in [1.165, 1.54) is 167 Å². The summed E-state index contributed by atoms with van der Waals surface area (Å²) in [6.45, 7) is 9.05. The molecule has 0 aliphatic rings. The summed E-state index contributed by atoms with van der Waals surface area (Å²) < 4.78 is 10.4. The molecule has 5 heteroatoms. The van der Waals surface area contributed by atoms with Gasteiger partial charge in [-0.3, -0.25) is 9.59 Å². The van der Waals surface area contributed by atoms with Gasteiger partial charge >= 0.3 is 11.9 Å². The molecule has 0 saturated carbocycles. The zero-order valence-electron chi connectivity index (χ0n) is 32.9. The molecule has 5 nitrogen and oxygen atoms in total. The van der Waals surface area contributed by atoms with Gasteiger partial charge in [-0.15, -0.1) is 0 Å². The van der Waals surface area contributed by atoms with Crippen LogP contribution in [0.25, 0.3) is 0 Å². The topological polar surface area (TPSA) is 72.8 Å². The van der Waals surface area contributed by atoms with Gasteiger partial charge in [0.15, 0.2) is 0 Å². The summed E-state index contributed by atoms with van der Waals surface area (Å²) in [6.07, 6.45) is 38.8. The quantitative estimate of drug-likeness (QED) is 0.0519. The van der Waals surface area contributed by atoms with E-state index in [1.807, 2.05) is 0 Å². The molecule has 0 unspecified atom stereocenters. The Morgan fingerprint density at radius 1 is 0.375 bits per heavy atom. The van der Waals surface area contributed by atoms with Gasteiger partial charge in [-0.2, -0.15) is 0 Å². The van der Waals surface area contributed by atoms with Crippen LogP contribution < -0.4 is 0 Å². The molecule has 1 N–H and O–H groups in total. The number of carbonyl (C=O) groups excluding carboxylic acids is 2. The SMILES string of the molecule is CC(C)CCCCCCCCCCCCCCCCCC(=O)OC[C@H](O)COC(=O)CCCCCCCCCCCCCCCC(C)C. The summed E-state index contributed by atoms with van der Waals surface area (Å²) in [5, 5.41) is 10.0. The zero-order chi connectivity index (χ0) is 35.3. The Balaban J connectivity index is 3.37. The summed E-state index contributed by atoms with van der Waals surface area (Å²) in [4.78, 5) is 24.0. The molecular weight excluding hydrogens is 596 g/mol. The number of ether oxygens (including phenoxy) is 2. The van der Waals surface area contributed by atoms with Crippen LogP contribution >= 0.6 is 0 Å². The van der Waals surface area contributed by atoms with E-state index >= 15 is 0 Å². The first-order valence-corrected chi connectivity index (χ1v) is 21.3. The Morgan fingerprint density at radius 3 is 0.812 bits per heavy atom. The van der Waals surface area contributed by atoms with E-state index in [0.29, 0.717) is 12.8 Å². The van der Waals surface area contributed by atoms with Crippen LogP contribution in [0, 0.1) is 11.8 Å². The van der Waals surface area contributed by atoms with Gasteiger partial charge in [0.25, 0.3) is 0 Å². The maximum absolute atomic E-state index is 12.0. The Morgan fingerprint density at radius 2 is 0.583 bits per heavy atom. The molecule has 0 aromatic heterocycles. The number of hydrogen-bond acceptors (Lipinski definition) is 5. The summed E-state index contributed by atoms with van der Waals surface area (Å²) in [6, 6.07) is 0. The third kappa shape index (κ3) is 39.3. The van der Waals surface area contributed by atoms with Crippen molar-refractivity contribution in [1.29, 1.82) is 0 Å². The monoisotopic (exact) mass is 681 g/mol. The lowest BCUT2D eigenvalue weighted by atomic mass is 10.0. The molecule has 0 radical (unpaired) electrons. The standard InChI is InChI=1S/C43H84O5/c1-39(2)33-29-25-21-17-13-9-6-5-7-11-15-19-23-27-31-35-42(45)47-37-41(44)38-48-43(46)36-32-28-24-20-16-12-8-10-14-18-22-26-30-34-40(3)4/h39-41,44H,5-38H2,1-4H3/t41-/m0/s1. The fraction of sp³-hybridized carbons (Fsp3) is 0.953. The van der Waals surface area contributed by atoms with Crippen molar-refractivity contribution in [3.63, 3.8) is 0 Å². The first kappa shape index (κ1) is 46.9. The van der Waals surface area contributed by atoms with Crippen molar-refractivity contribution >= 4 is 11.9 Å². The lowest BCUT2D eigenvalue weighted by Gasteiger charge is -2.12. The normalized spacial score (nSPS) is 12.2. The number of aliphatic hydroxyl groups excluding tert-OH is 1. The minimum Gasteiger partial charge on any atom is -0.463 e. The van der Waals surface area contributed by atoms with Crippen molar-refractivity contribution in [3.05, 3.63) is 0 Å². The zero-order valence-corrected chi connectivity index (χ0v) is 32.9. The molecule has 0 spiro atoms. The molecule has 0 bridgehead atoms. The molecule has 48 heavy (non-hydrogen) atoms. The lowest BCUT2D eigenvalue weighted by molar-refractivity contribution is -0.152. The maximum Gasteiger partial charge on any atom is 0.305 e. The van der Waals surface area contributed by atoms with E-state index in [2.05, 4.69) is 27.7 Å². The number of hydrogen-bond donors (Lipinski definition) is 1. The van der Waals surface area contributed by atoms with Crippen molar-refractivity contribution in [2.45, 2.75) is 239 Å². The highest BCUT2D eigenvalue weighted by Crippen LogP contribution is 2.17. The van der Waals surface area contributed by atoms with Crippen LogP contribution in [-0.2, 0) is 19.1 Å². The fourth-order valence-electron chi connectivity index (χ4n) is 6.46. The van der Waals surface area contributed by atoms with Crippen molar-refractivity contribution in [2.24, 2.45) is 11.8 Å². The van der Waals surface area contributed by atoms with Gasteiger partial charge in [-0.05, 0) is 24.7 Å². The van der Waals surface area contributed by atoms with Gasteiger partial charge in [-0.25, -0.2) is 0 Å². The molecule has 0 fully saturated rings. The average Bonchev–Trinajstić information content (AvgIpc) is 3.05. The van der Waals surface area contributed by atoms with E-state index in [-0.39, 0.29) is 25.2 Å². The first-order chi connectivity index (χ1) is 23.3. The van der Waals surface area contributed by atoms with E-state index in [0.717, 1.165) is 37.5 Å². The van der Waals surface area contributed by atoms with Gasteiger partial charge in [0.05, 0.1) is 0 Å². The van der Waals surface area contributed by atoms with Gasteiger partial charge in [0.1, 0.15) is 19.3 Å². The predicted octanol–water partition coefficient (Wildman–Crippen LogP) is 13.2. The van der Waals surface area contributed by atoms with Crippen molar-refractivity contribution < 1.29 is 24.2 Å². The third-order valence-electron chi connectivity index (χ3n) is 9.70. The molecule has 0 heterocycles. The number of aliphatic hydroxyl groups is 1. The molecule has 0 rings (SSSR count). The summed E-state index contributed by atoms with van der Waals surface area (Å²) in [5.41, 5.74) is 0. The molecule has 0 saturated heterocycles. The van der Waals surface area contributed by atoms with Crippen LogP contribution in [0.4, 0.5) is 0 Å². The van der Waals surface area contributed by atoms with Gasteiger partial charge in [0.2, 0.25) is 0 Å². The lowest BCUT2D eigenvalue weighted by Crippen LogP contribution is -2.25. The first-order valence-electron chi connectivity index (χ1n) is 21.3. The summed E-state index contributed by atoms with van der Waals surface area (Å²) >= 11 is 0. The molecule has 286 valence electrons. The Bertz CT molecular complexity index is 676. The van der Waals surface area contributed by atoms with Gasteiger partial charge in [-0.1, -0.05) is 207 Å². The van der Waals surface area contributed by atoms with E-state index in [4.69, 9.17) is 9.47 Å². The molecule has 0 aromatic rings. The summed E-state index contributed by atoms with van der Waals surface area (Å²) in [5.74, 6) is 1.15. The predicted molar refractivity (Wildman–Crippen MR) is 205 cm³/mol. The van der Waals surface area contributed by atoms with Gasteiger partial charge < -0.3 is 14.6 Å². The molecule has 0 amide bonds. The minimum absolute atomic E-state index is 0.108. The molecule has 1 atom stereocenters. The molecule has 0 aliphatic heterocycles. The van der Waals surface area contributed by atoms with Crippen LogP contribution in [0.3, 0.4) is 0 Å². The highest BCUT2D eigenvalue weighted by Gasteiger charge is 2.12. The Kier molecular flexibility index (Phi) is 36.3. The second kappa shape index (κ2) is 37.2. The van der Waals surface area contributed by atoms with Crippen LogP contribution in [0.2, 0.25) is 0 Å². The van der Waals surface area contributed by atoms with E-state index in [1.54, 1.807) is 0 Å². The summed E-state index contributed by atoms with van der Waals surface area (Å²) in [7, 11) is 0. The van der Waals surface area contributed by atoms with Crippen LogP contribution in [-0.4, -0.2) is 36.4 Å². The minimum atomic E-state index is -0.956. The van der Waals surface area contributed by atoms with E-state index in [9.17, 15) is 14.7 Å². The number of unbranched alkanes of at least 4 members (excludes halogenated alkanes) is 26. The maximum atomic E-state index is 12.0. The van der Waals surface area contributed by atoms with Crippen molar-refractivity contribution in [2.75, 3.05) is 13.2 Å². The number of carbonyl (C=O) groups is 2. The second-order valence-electron chi connectivity index (χ2n) is 15.8. The molecule has 0 aliphatic carbocycles. The van der Waals surface area contributed by atoms with Gasteiger partial charge in [0, 0.05) is 12.8 Å². The Labute approximate surface area is 299 Å². The highest BCUT2D eigenvalue weighted by atomic mass is 16.6. The Hall–Kier alpha value is -1.10. The second-order valence-corrected chi connectivity index (χ2v) is 15.8.